The molecule has 0 atom stereocenters. The molecule has 64 heavy (non-hydrogen) atoms. The minimum Gasteiger partial charge on any atom is -0.309 e. The minimum atomic E-state index is -2.77. The first kappa shape index (κ1) is 36.5. The van der Waals surface area contributed by atoms with E-state index in [1.165, 1.54) is 86.2 Å². The summed E-state index contributed by atoms with van der Waals surface area (Å²) in [7, 11) is -2.77. The summed E-state index contributed by atoms with van der Waals surface area (Å²) < 4.78 is 7.43. The molecule has 300 valence electrons. The third-order valence-electron chi connectivity index (χ3n) is 13.6. The van der Waals surface area contributed by atoms with Crippen molar-refractivity contribution >= 4 is 94.2 Å². The van der Waals surface area contributed by atoms with Crippen molar-refractivity contribution in [3.63, 3.8) is 0 Å². The van der Waals surface area contributed by atoms with E-state index in [9.17, 15) is 0 Å². The Morgan fingerprint density at radius 3 is 1.27 bits per heavy atom. The smallest absolute Gasteiger partial charge is 0.179 e. The number of fused-ring (bicyclic) bond motifs is 9. The largest absolute Gasteiger partial charge is 0.309 e. The van der Waals surface area contributed by atoms with Crippen LogP contribution in [0.1, 0.15) is 0 Å². The maximum atomic E-state index is 2.53. The summed E-state index contributed by atoms with van der Waals surface area (Å²) in [6.07, 6.45) is 0. The van der Waals surface area contributed by atoms with Gasteiger partial charge in [0.05, 0.1) is 38.8 Å². The lowest BCUT2D eigenvalue weighted by Gasteiger charge is -2.34. The van der Waals surface area contributed by atoms with Crippen LogP contribution in [0.2, 0.25) is 0 Å². The quantitative estimate of drug-likeness (QED) is 0.112. The van der Waals surface area contributed by atoms with Crippen molar-refractivity contribution in [2.75, 3.05) is 0 Å². The van der Waals surface area contributed by atoms with Crippen molar-refractivity contribution in [3.05, 3.63) is 249 Å². The van der Waals surface area contributed by atoms with E-state index in [2.05, 4.69) is 262 Å². The molecule has 0 saturated heterocycles. The molecule has 0 aliphatic carbocycles. The monoisotopic (exact) mass is 831 g/mol. The van der Waals surface area contributed by atoms with Gasteiger partial charge in [0.2, 0.25) is 0 Å². The van der Waals surface area contributed by atoms with Crippen molar-refractivity contribution < 1.29 is 0 Å². The van der Waals surface area contributed by atoms with Gasteiger partial charge in [-0.25, -0.2) is 0 Å². The predicted octanol–water partition coefficient (Wildman–Crippen LogP) is 12.4. The second-order valence-corrected chi connectivity index (χ2v) is 20.7. The van der Waals surface area contributed by atoms with Crippen LogP contribution in [-0.2, 0) is 0 Å². The molecule has 0 unspecified atom stereocenters. The highest BCUT2D eigenvalue weighted by atomic mass is 28.3. The zero-order valence-electron chi connectivity index (χ0n) is 35.0. The van der Waals surface area contributed by atoms with Gasteiger partial charge in [-0.1, -0.05) is 194 Å². The molecule has 0 spiro atoms. The molecule has 0 aliphatic heterocycles. The number of hydrogen-bond donors (Lipinski definition) is 0. The Balaban J connectivity index is 1.11. The van der Waals surface area contributed by atoms with Crippen LogP contribution in [0.25, 0.3) is 82.5 Å². The topological polar surface area (TPSA) is 14.8 Å². The molecule has 3 nitrogen and oxygen atoms in total. The fraction of sp³-hybridized carbons (Fsp3) is 0. The summed E-state index contributed by atoms with van der Waals surface area (Å²) in [6.45, 7) is 0. The summed E-state index contributed by atoms with van der Waals surface area (Å²) in [4.78, 5) is 0. The Labute approximate surface area is 372 Å². The lowest BCUT2D eigenvalue weighted by molar-refractivity contribution is 1.12. The normalized spacial score (nSPS) is 12.1. The third-order valence-corrected chi connectivity index (χ3v) is 18.3. The van der Waals surface area contributed by atoms with Crippen molar-refractivity contribution in [2.45, 2.75) is 0 Å². The average Bonchev–Trinajstić information content (AvgIpc) is 4.01. The molecule has 0 bridgehead atoms. The molecular formula is C60H41N3Si. The predicted molar refractivity (Wildman–Crippen MR) is 273 cm³/mol. The van der Waals surface area contributed by atoms with Crippen molar-refractivity contribution in [2.24, 2.45) is 0 Å². The molecule has 13 aromatic rings. The Morgan fingerprint density at radius 2 is 0.688 bits per heavy atom. The number of aromatic nitrogens is 3. The van der Waals surface area contributed by atoms with Gasteiger partial charge in [0.25, 0.3) is 0 Å². The zero-order valence-corrected chi connectivity index (χ0v) is 36.0. The molecule has 0 saturated carbocycles. The Morgan fingerprint density at radius 1 is 0.234 bits per heavy atom. The fourth-order valence-corrected chi connectivity index (χ4v) is 15.7. The lowest BCUT2D eigenvalue weighted by Crippen LogP contribution is -2.74. The SMILES string of the molecule is c1ccc(-n2c3cc(-n4c5ccccc5c5ccccc54)ccc3c3cccc(-n4c5ccccc5c5cc([Si](c6ccccc6)(c6ccccc6)c6ccccc6)ccc54)c32)cc1. The van der Waals surface area contributed by atoms with Gasteiger partial charge in [0.1, 0.15) is 0 Å². The standard InChI is InChI=1S/C60H41N3Si/c1-5-20-42(21-6-1)62-59-40-43(61-54-32-16-13-28-48(54)49-29-14-17-33-55(49)61)36-38-51(59)52-31-19-35-58(60(52)62)63-56-34-18-15-30-50(56)53-41-47(37-39-57(53)63)64(44-22-7-2-8-23-44,45-24-9-3-10-25-45)46-26-11-4-12-27-46/h1-41H. The molecular weight excluding hydrogens is 791 g/mol. The zero-order chi connectivity index (χ0) is 42.2. The van der Waals surface area contributed by atoms with Crippen LogP contribution in [0.3, 0.4) is 0 Å². The molecule has 4 heteroatoms. The van der Waals surface area contributed by atoms with Gasteiger partial charge in [-0.05, 0) is 75.3 Å². The van der Waals surface area contributed by atoms with Crippen LogP contribution in [0.15, 0.2) is 249 Å². The Hall–Kier alpha value is -8.18. The number of para-hydroxylation sites is 5. The second-order valence-electron chi connectivity index (χ2n) is 16.8. The van der Waals surface area contributed by atoms with Gasteiger partial charge in [0.15, 0.2) is 8.07 Å². The van der Waals surface area contributed by atoms with Gasteiger partial charge in [-0.2, -0.15) is 0 Å². The molecule has 0 amide bonds. The Kier molecular flexibility index (Phi) is 8.23. The van der Waals surface area contributed by atoms with Gasteiger partial charge >= 0.3 is 0 Å². The molecule has 0 radical (unpaired) electrons. The first-order chi connectivity index (χ1) is 31.8. The van der Waals surface area contributed by atoms with Crippen LogP contribution < -0.4 is 20.7 Å². The molecule has 13 rings (SSSR count). The molecule has 3 aromatic heterocycles. The van der Waals surface area contributed by atoms with E-state index in [1.54, 1.807) is 0 Å². The highest BCUT2D eigenvalue weighted by Gasteiger charge is 2.41. The highest BCUT2D eigenvalue weighted by molar-refractivity contribution is 7.20. The van der Waals surface area contributed by atoms with E-state index in [0.717, 1.165) is 17.1 Å². The van der Waals surface area contributed by atoms with E-state index in [-0.39, 0.29) is 0 Å². The van der Waals surface area contributed by atoms with Crippen LogP contribution in [-0.4, -0.2) is 21.8 Å². The first-order valence-electron chi connectivity index (χ1n) is 22.1. The summed E-state index contributed by atoms with van der Waals surface area (Å²) in [5.74, 6) is 0. The molecule has 3 heterocycles. The second kappa shape index (κ2) is 14.5. The molecule has 0 fully saturated rings. The van der Waals surface area contributed by atoms with E-state index in [4.69, 9.17) is 0 Å². The van der Waals surface area contributed by atoms with Gasteiger partial charge in [-0.15, -0.1) is 0 Å². The number of nitrogens with zero attached hydrogens (tertiary/aromatic N) is 3. The molecule has 0 N–H and O–H groups in total. The fourth-order valence-electron chi connectivity index (χ4n) is 10.9. The van der Waals surface area contributed by atoms with Gasteiger partial charge in [0, 0.05) is 43.7 Å². The third kappa shape index (κ3) is 5.27. The maximum Gasteiger partial charge on any atom is 0.179 e. The van der Waals surface area contributed by atoms with Gasteiger partial charge < -0.3 is 13.7 Å². The van der Waals surface area contributed by atoms with Crippen molar-refractivity contribution in [1.29, 1.82) is 0 Å². The van der Waals surface area contributed by atoms with Crippen LogP contribution in [0.4, 0.5) is 0 Å². The summed E-state index contributed by atoms with van der Waals surface area (Å²) >= 11 is 0. The van der Waals surface area contributed by atoms with E-state index in [0.29, 0.717) is 0 Å². The highest BCUT2D eigenvalue weighted by Crippen LogP contribution is 2.41. The van der Waals surface area contributed by atoms with E-state index < -0.39 is 8.07 Å². The van der Waals surface area contributed by atoms with Crippen LogP contribution >= 0.6 is 0 Å². The maximum absolute atomic E-state index is 2.77. The lowest BCUT2D eigenvalue weighted by atomic mass is 10.1. The molecule has 0 aliphatic rings. The van der Waals surface area contributed by atoms with Crippen molar-refractivity contribution in [3.8, 4) is 17.1 Å². The van der Waals surface area contributed by atoms with E-state index in [1.807, 2.05) is 0 Å². The summed E-state index contributed by atoms with van der Waals surface area (Å²) in [5, 5.41) is 12.9. The Bertz CT molecular complexity index is 3730. The average molecular weight is 832 g/mol. The van der Waals surface area contributed by atoms with Crippen LogP contribution in [0.5, 0.6) is 0 Å². The van der Waals surface area contributed by atoms with E-state index >= 15 is 0 Å². The van der Waals surface area contributed by atoms with Gasteiger partial charge in [-0.3, -0.25) is 0 Å². The molecule has 10 aromatic carbocycles. The number of benzene rings is 10. The number of rotatable bonds is 7. The van der Waals surface area contributed by atoms with Crippen LogP contribution in [0, 0.1) is 0 Å². The minimum absolute atomic E-state index is 1.13. The first-order valence-corrected chi connectivity index (χ1v) is 24.1. The summed E-state index contributed by atoms with van der Waals surface area (Å²) in [6, 6.07) is 92.3. The van der Waals surface area contributed by atoms with Crippen molar-refractivity contribution in [1.82, 2.24) is 13.7 Å². The number of hydrogen-bond acceptors (Lipinski definition) is 0. The summed E-state index contributed by atoms with van der Waals surface area (Å²) in [5.41, 5.74) is 10.5.